The van der Waals surface area contributed by atoms with Crippen LogP contribution in [-0.2, 0) is 9.53 Å². The molecule has 1 rings (SSSR count). The largest absolute Gasteiger partial charge is 0.497 e. The first-order chi connectivity index (χ1) is 8.81. The van der Waals surface area contributed by atoms with Crippen molar-refractivity contribution in [3.63, 3.8) is 0 Å². The van der Waals surface area contributed by atoms with E-state index >= 15 is 0 Å². The normalized spacial score (nSPS) is 11.0. The number of hydrogen-bond acceptors (Lipinski definition) is 4. The minimum absolute atomic E-state index is 0.178. The van der Waals surface area contributed by atoms with Gasteiger partial charge in [-0.3, -0.25) is 4.79 Å². The van der Waals surface area contributed by atoms with Crippen LogP contribution in [0.1, 0.15) is 27.2 Å². The molecule has 0 heterocycles. The van der Waals surface area contributed by atoms with Crippen LogP contribution in [0.3, 0.4) is 0 Å². The monoisotopic (exact) mass is 265 g/mol. The molecule has 0 spiro atoms. The molecule has 0 aliphatic carbocycles. The van der Waals surface area contributed by atoms with Crippen molar-refractivity contribution in [2.75, 3.05) is 25.6 Å². The summed E-state index contributed by atoms with van der Waals surface area (Å²) in [4.78, 5) is 13.7. The van der Waals surface area contributed by atoms with Gasteiger partial charge < -0.3 is 14.4 Å². The lowest BCUT2D eigenvalue weighted by atomic mass is 10.2. The van der Waals surface area contributed by atoms with E-state index in [1.807, 2.05) is 57.0 Å². The van der Waals surface area contributed by atoms with Crippen molar-refractivity contribution in [2.45, 2.75) is 32.8 Å². The fraction of sp³-hybridized carbons (Fsp3) is 0.533. The Morgan fingerprint density at radius 1 is 1.32 bits per heavy atom. The number of anilines is 1. The Kier molecular flexibility index (Phi) is 5.21. The van der Waals surface area contributed by atoms with E-state index in [4.69, 9.17) is 9.47 Å². The van der Waals surface area contributed by atoms with Gasteiger partial charge in [0.25, 0.3) is 0 Å². The summed E-state index contributed by atoms with van der Waals surface area (Å²) in [6.07, 6.45) is 0.366. The average molecular weight is 265 g/mol. The van der Waals surface area contributed by atoms with Crippen LogP contribution in [0.2, 0.25) is 0 Å². The van der Waals surface area contributed by atoms with E-state index < -0.39 is 5.60 Å². The Morgan fingerprint density at radius 2 is 2.00 bits per heavy atom. The minimum Gasteiger partial charge on any atom is -0.497 e. The number of benzene rings is 1. The lowest BCUT2D eigenvalue weighted by molar-refractivity contribution is -0.154. The van der Waals surface area contributed by atoms with Gasteiger partial charge in [0, 0.05) is 25.3 Å². The fourth-order valence-electron chi connectivity index (χ4n) is 1.63. The first-order valence-electron chi connectivity index (χ1n) is 6.39. The summed E-state index contributed by atoms with van der Waals surface area (Å²) < 4.78 is 10.5. The Balaban J connectivity index is 2.51. The van der Waals surface area contributed by atoms with Crippen molar-refractivity contribution in [2.24, 2.45) is 0 Å². The van der Waals surface area contributed by atoms with Crippen LogP contribution in [0, 0.1) is 0 Å². The number of hydrogen-bond donors (Lipinski definition) is 0. The number of carbonyl (C=O) groups is 1. The second-order valence-corrected chi connectivity index (χ2v) is 5.46. The Morgan fingerprint density at radius 3 is 2.58 bits per heavy atom. The number of rotatable bonds is 5. The molecule has 0 aromatic heterocycles. The number of nitrogens with zero attached hydrogens (tertiary/aromatic N) is 1. The van der Waals surface area contributed by atoms with E-state index in [0.29, 0.717) is 13.0 Å². The second-order valence-electron chi connectivity index (χ2n) is 5.46. The zero-order chi connectivity index (χ0) is 14.5. The highest BCUT2D eigenvalue weighted by molar-refractivity contribution is 5.70. The Hall–Kier alpha value is -1.71. The molecule has 0 N–H and O–H groups in total. The van der Waals surface area contributed by atoms with Gasteiger partial charge in [0.1, 0.15) is 11.4 Å². The third kappa shape index (κ3) is 5.64. The molecule has 0 unspecified atom stereocenters. The molecular weight excluding hydrogens is 242 g/mol. The number of carbonyl (C=O) groups excluding carboxylic acids is 1. The third-order valence-electron chi connectivity index (χ3n) is 2.57. The van der Waals surface area contributed by atoms with E-state index in [2.05, 4.69) is 0 Å². The molecule has 0 aliphatic heterocycles. The molecule has 0 saturated heterocycles. The molecule has 0 amide bonds. The maximum Gasteiger partial charge on any atom is 0.308 e. The van der Waals surface area contributed by atoms with Crippen molar-refractivity contribution < 1.29 is 14.3 Å². The summed E-state index contributed by atoms with van der Waals surface area (Å²) in [6.45, 7) is 6.23. The third-order valence-corrected chi connectivity index (χ3v) is 2.57. The van der Waals surface area contributed by atoms with Crippen LogP contribution in [0.5, 0.6) is 5.75 Å². The Labute approximate surface area is 115 Å². The molecule has 0 aliphatic rings. The van der Waals surface area contributed by atoms with Crippen LogP contribution >= 0.6 is 0 Å². The molecule has 0 atom stereocenters. The van der Waals surface area contributed by atoms with Gasteiger partial charge >= 0.3 is 5.97 Å². The lowest BCUT2D eigenvalue weighted by Crippen LogP contribution is -2.27. The Bertz CT molecular complexity index is 424. The molecule has 0 saturated carbocycles. The van der Waals surface area contributed by atoms with Gasteiger partial charge in [-0.05, 0) is 32.9 Å². The van der Waals surface area contributed by atoms with Gasteiger partial charge in [-0.25, -0.2) is 0 Å². The van der Waals surface area contributed by atoms with Crippen LogP contribution < -0.4 is 9.64 Å². The van der Waals surface area contributed by atoms with Crippen molar-refractivity contribution in [3.05, 3.63) is 24.3 Å². The molecule has 1 aromatic carbocycles. The highest BCUT2D eigenvalue weighted by Gasteiger charge is 2.16. The lowest BCUT2D eigenvalue weighted by Gasteiger charge is -2.22. The highest BCUT2D eigenvalue weighted by Crippen LogP contribution is 2.20. The minimum atomic E-state index is -0.425. The van der Waals surface area contributed by atoms with Gasteiger partial charge in [-0.2, -0.15) is 0 Å². The first-order valence-corrected chi connectivity index (χ1v) is 6.39. The SMILES string of the molecule is COc1cccc(N(C)CCC(=O)OC(C)(C)C)c1. The van der Waals surface area contributed by atoms with E-state index in [0.717, 1.165) is 11.4 Å². The molecule has 0 radical (unpaired) electrons. The molecule has 106 valence electrons. The van der Waals surface area contributed by atoms with E-state index in [1.54, 1.807) is 7.11 Å². The smallest absolute Gasteiger partial charge is 0.308 e. The first kappa shape index (κ1) is 15.3. The number of methoxy groups -OCH3 is 1. The summed E-state index contributed by atoms with van der Waals surface area (Å²) >= 11 is 0. The molecular formula is C15H23NO3. The van der Waals surface area contributed by atoms with Crippen LogP contribution in [0.4, 0.5) is 5.69 Å². The predicted octanol–water partition coefficient (Wildman–Crippen LogP) is 2.86. The van der Waals surface area contributed by atoms with Crippen molar-refractivity contribution in [3.8, 4) is 5.75 Å². The summed E-state index contributed by atoms with van der Waals surface area (Å²) in [7, 11) is 3.58. The standard InChI is InChI=1S/C15H23NO3/c1-15(2,3)19-14(17)9-10-16(4)12-7-6-8-13(11-12)18-5/h6-8,11H,9-10H2,1-5H3. The van der Waals surface area contributed by atoms with Crippen molar-refractivity contribution in [1.29, 1.82) is 0 Å². The van der Waals surface area contributed by atoms with E-state index in [1.165, 1.54) is 0 Å². The molecule has 0 fully saturated rings. The summed E-state index contributed by atoms with van der Waals surface area (Å²) in [5.74, 6) is 0.629. The van der Waals surface area contributed by atoms with Crippen molar-refractivity contribution >= 4 is 11.7 Å². The molecule has 0 bridgehead atoms. The number of esters is 1. The van der Waals surface area contributed by atoms with Gasteiger partial charge in [0.05, 0.1) is 13.5 Å². The van der Waals surface area contributed by atoms with Gasteiger partial charge in [-0.1, -0.05) is 6.07 Å². The van der Waals surface area contributed by atoms with Gasteiger partial charge in [-0.15, -0.1) is 0 Å². The van der Waals surface area contributed by atoms with Crippen LogP contribution in [0.25, 0.3) is 0 Å². The van der Waals surface area contributed by atoms with Crippen LogP contribution in [0.15, 0.2) is 24.3 Å². The van der Waals surface area contributed by atoms with Gasteiger partial charge in [0.2, 0.25) is 0 Å². The highest BCUT2D eigenvalue weighted by atomic mass is 16.6. The van der Waals surface area contributed by atoms with E-state index in [-0.39, 0.29) is 5.97 Å². The summed E-state index contributed by atoms with van der Waals surface area (Å²) in [6, 6.07) is 7.75. The summed E-state index contributed by atoms with van der Waals surface area (Å²) in [5, 5.41) is 0. The van der Waals surface area contributed by atoms with Gasteiger partial charge in [0.15, 0.2) is 0 Å². The second kappa shape index (κ2) is 6.45. The van der Waals surface area contributed by atoms with Crippen molar-refractivity contribution in [1.82, 2.24) is 0 Å². The number of ether oxygens (including phenoxy) is 2. The maximum absolute atomic E-state index is 11.6. The molecule has 4 nitrogen and oxygen atoms in total. The zero-order valence-corrected chi connectivity index (χ0v) is 12.4. The fourth-order valence-corrected chi connectivity index (χ4v) is 1.63. The van der Waals surface area contributed by atoms with E-state index in [9.17, 15) is 4.79 Å². The average Bonchev–Trinajstić information content (AvgIpc) is 2.34. The molecule has 1 aromatic rings. The quantitative estimate of drug-likeness (QED) is 0.767. The zero-order valence-electron chi connectivity index (χ0n) is 12.4. The molecule has 4 heteroatoms. The predicted molar refractivity (Wildman–Crippen MR) is 76.7 cm³/mol. The summed E-state index contributed by atoms with van der Waals surface area (Å²) in [5.41, 5.74) is 0.592. The van der Waals surface area contributed by atoms with Crippen LogP contribution in [-0.4, -0.2) is 32.3 Å². The topological polar surface area (TPSA) is 38.8 Å². The molecule has 19 heavy (non-hydrogen) atoms. The maximum atomic E-state index is 11.6.